The number of carboxylic acids is 1. The van der Waals surface area contributed by atoms with Crippen molar-refractivity contribution in [3.63, 3.8) is 0 Å². The van der Waals surface area contributed by atoms with Gasteiger partial charge in [-0.05, 0) is 61.7 Å². The van der Waals surface area contributed by atoms with Gasteiger partial charge in [0, 0.05) is 17.0 Å². The number of aliphatic carboxylic acids is 1. The van der Waals surface area contributed by atoms with Gasteiger partial charge in [-0.3, -0.25) is 4.79 Å². The highest BCUT2D eigenvalue weighted by molar-refractivity contribution is 8.00. The average Bonchev–Trinajstić information content (AvgIpc) is 2.62. The predicted octanol–water partition coefficient (Wildman–Crippen LogP) is 3.77. The third-order valence-corrected chi connectivity index (χ3v) is 8.15. The SMILES string of the molecule is Cc1cc(-c2ccc(S(=O)(=O)N3CCSC(C)(C)[C@@H]3C(=O)O)cc2)ccc1F. The summed E-state index contributed by atoms with van der Waals surface area (Å²) < 4.78 is 40.1. The normalized spacial score (nSPS) is 20.1. The van der Waals surface area contributed by atoms with Crippen molar-refractivity contribution in [2.45, 2.75) is 36.5 Å². The molecule has 2 aromatic rings. The van der Waals surface area contributed by atoms with Crippen LogP contribution in [0.1, 0.15) is 19.4 Å². The Balaban J connectivity index is 1.95. The first-order valence-corrected chi connectivity index (χ1v) is 11.2. The number of thioether (sulfide) groups is 1. The zero-order valence-corrected chi connectivity index (χ0v) is 17.5. The summed E-state index contributed by atoms with van der Waals surface area (Å²) in [5.74, 6) is -0.921. The second kappa shape index (κ2) is 7.50. The molecule has 0 bridgehead atoms. The van der Waals surface area contributed by atoms with E-state index in [2.05, 4.69) is 0 Å². The molecule has 1 fully saturated rings. The Kier molecular flexibility index (Phi) is 5.58. The summed E-state index contributed by atoms with van der Waals surface area (Å²) in [6.45, 7) is 5.31. The van der Waals surface area contributed by atoms with Crippen LogP contribution in [-0.4, -0.2) is 46.9 Å². The number of hydrogen-bond donors (Lipinski definition) is 1. The summed E-state index contributed by atoms with van der Waals surface area (Å²) in [5, 5.41) is 9.65. The van der Waals surface area contributed by atoms with E-state index in [1.54, 1.807) is 45.0 Å². The van der Waals surface area contributed by atoms with Crippen LogP contribution < -0.4 is 0 Å². The zero-order valence-electron chi connectivity index (χ0n) is 15.8. The first kappa shape index (κ1) is 20.8. The molecule has 2 aromatic carbocycles. The number of aryl methyl sites for hydroxylation is 1. The van der Waals surface area contributed by atoms with E-state index in [9.17, 15) is 22.7 Å². The van der Waals surface area contributed by atoms with E-state index < -0.39 is 26.8 Å². The molecule has 0 aromatic heterocycles. The maximum Gasteiger partial charge on any atom is 0.323 e. The van der Waals surface area contributed by atoms with Gasteiger partial charge in [-0.25, -0.2) is 12.8 Å². The van der Waals surface area contributed by atoms with Gasteiger partial charge < -0.3 is 5.11 Å². The van der Waals surface area contributed by atoms with Crippen molar-refractivity contribution in [2.24, 2.45) is 0 Å². The van der Waals surface area contributed by atoms with Gasteiger partial charge in [-0.15, -0.1) is 0 Å². The van der Waals surface area contributed by atoms with Gasteiger partial charge in [0.15, 0.2) is 0 Å². The van der Waals surface area contributed by atoms with Crippen LogP contribution in [0.3, 0.4) is 0 Å². The molecule has 3 rings (SSSR count). The zero-order chi connectivity index (χ0) is 20.7. The maximum absolute atomic E-state index is 13.5. The van der Waals surface area contributed by atoms with Crippen LogP contribution >= 0.6 is 11.8 Å². The Labute approximate surface area is 168 Å². The van der Waals surface area contributed by atoms with Crippen LogP contribution in [0.15, 0.2) is 47.4 Å². The molecule has 8 heteroatoms. The second-order valence-electron chi connectivity index (χ2n) is 7.30. The fourth-order valence-electron chi connectivity index (χ4n) is 3.41. The molecule has 5 nitrogen and oxygen atoms in total. The summed E-state index contributed by atoms with van der Waals surface area (Å²) in [6.07, 6.45) is 0. The number of benzene rings is 2. The summed E-state index contributed by atoms with van der Waals surface area (Å²) in [4.78, 5) is 11.9. The molecule has 1 saturated heterocycles. The van der Waals surface area contributed by atoms with Crippen molar-refractivity contribution in [2.75, 3.05) is 12.3 Å². The van der Waals surface area contributed by atoms with Crippen molar-refractivity contribution >= 4 is 27.8 Å². The highest BCUT2D eigenvalue weighted by Gasteiger charge is 2.48. The smallest absolute Gasteiger partial charge is 0.323 e. The van der Waals surface area contributed by atoms with Crippen molar-refractivity contribution in [1.82, 2.24) is 4.31 Å². The minimum absolute atomic E-state index is 0.0454. The lowest BCUT2D eigenvalue weighted by Gasteiger charge is -2.42. The van der Waals surface area contributed by atoms with E-state index in [0.29, 0.717) is 11.3 Å². The highest BCUT2D eigenvalue weighted by Crippen LogP contribution is 2.38. The minimum atomic E-state index is -3.96. The molecule has 0 amide bonds. The Morgan fingerprint density at radius 3 is 2.36 bits per heavy atom. The van der Waals surface area contributed by atoms with Crippen LogP contribution in [0.2, 0.25) is 0 Å². The highest BCUT2D eigenvalue weighted by atomic mass is 32.2. The number of hydrogen-bond acceptors (Lipinski definition) is 4. The number of carboxylic acid groups (broad SMARTS) is 1. The molecule has 0 spiro atoms. The maximum atomic E-state index is 13.5. The molecule has 28 heavy (non-hydrogen) atoms. The number of carbonyl (C=O) groups is 1. The molecule has 1 aliphatic rings. The van der Waals surface area contributed by atoms with E-state index in [1.165, 1.54) is 30.0 Å². The summed E-state index contributed by atoms with van der Waals surface area (Å²) >= 11 is 1.46. The second-order valence-corrected chi connectivity index (χ2v) is 10.9. The molecule has 0 unspecified atom stereocenters. The lowest BCUT2D eigenvalue weighted by atomic mass is 10.0. The molecule has 1 heterocycles. The molecular weight excluding hydrogens is 401 g/mol. The topological polar surface area (TPSA) is 74.7 Å². The first-order valence-electron chi connectivity index (χ1n) is 8.79. The van der Waals surface area contributed by atoms with Crippen molar-refractivity contribution in [3.8, 4) is 11.1 Å². The molecule has 150 valence electrons. The van der Waals surface area contributed by atoms with Gasteiger partial charge in [0.05, 0.1) is 4.90 Å². The van der Waals surface area contributed by atoms with E-state index >= 15 is 0 Å². The van der Waals surface area contributed by atoms with Crippen LogP contribution in [0, 0.1) is 12.7 Å². The Morgan fingerprint density at radius 1 is 1.18 bits per heavy atom. The fraction of sp³-hybridized carbons (Fsp3) is 0.350. The molecule has 1 aliphatic heterocycles. The summed E-state index contributed by atoms with van der Waals surface area (Å²) in [7, 11) is -3.96. The molecule has 0 radical (unpaired) electrons. The number of rotatable bonds is 4. The summed E-state index contributed by atoms with van der Waals surface area (Å²) in [5.41, 5.74) is 2.04. The van der Waals surface area contributed by atoms with E-state index in [0.717, 1.165) is 15.4 Å². The van der Waals surface area contributed by atoms with Gasteiger partial charge in [0.1, 0.15) is 11.9 Å². The van der Waals surface area contributed by atoms with E-state index in [4.69, 9.17) is 0 Å². The van der Waals surface area contributed by atoms with Crippen LogP contribution in [-0.2, 0) is 14.8 Å². The number of sulfonamides is 1. The predicted molar refractivity (Wildman–Crippen MR) is 108 cm³/mol. The summed E-state index contributed by atoms with van der Waals surface area (Å²) in [6, 6.07) is 9.81. The molecule has 1 atom stereocenters. The first-order chi connectivity index (χ1) is 13.0. The van der Waals surface area contributed by atoms with Gasteiger partial charge in [-0.1, -0.05) is 18.2 Å². The van der Waals surface area contributed by atoms with E-state index in [1.807, 2.05) is 0 Å². The van der Waals surface area contributed by atoms with Crippen LogP contribution in [0.25, 0.3) is 11.1 Å². The Morgan fingerprint density at radius 2 is 1.79 bits per heavy atom. The third-order valence-electron chi connectivity index (χ3n) is 4.92. The molecule has 1 N–H and O–H groups in total. The number of nitrogens with zero attached hydrogens (tertiary/aromatic N) is 1. The number of halogens is 1. The van der Waals surface area contributed by atoms with Gasteiger partial charge in [-0.2, -0.15) is 16.1 Å². The van der Waals surface area contributed by atoms with Gasteiger partial charge in [0.2, 0.25) is 10.0 Å². The lowest BCUT2D eigenvalue weighted by molar-refractivity contribution is -0.142. The van der Waals surface area contributed by atoms with Crippen LogP contribution in [0.4, 0.5) is 4.39 Å². The van der Waals surface area contributed by atoms with Crippen molar-refractivity contribution in [1.29, 1.82) is 0 Å². The Hall–Kier alpha value is -1.90. The average molecular weight is 424 g/mol. The molecule has 0 saturated carbocycles. The van der Waals surface area contributed by atoms with Crippen molar-refractivity contribution in [3.05, 3.63) is 53.8 Å². The van der Waals surface area contributed by atoms with Crippen molar-refractivity contribution < 1.29 is 22.7 Å². The van der Waals surface area contributed by atoms with Crippen LogP contribution in [0.5, 0.6) is 0 Å². The fourth-order valence-corrected chi connectivity index (χ4v) is 6.51. The lowest BCUT2D eigenvalue weighted by Crippen LogP contribution is -2.58. The Bertz CT molecular complexity index is 1000. The molecular formula is C20H22FNO4S2. The van der Waals surface area contributed by atoms with E-state index in [-0.39, 0.29) is 17.3 Å². The minimum Gasteiger partial charge on any atom is -0.480 e. The third kappa shape index (κ3) is 3.81. The largest absolute Gasteiger partial charge is 0.480 e. The van der Waals surface area contributed by atoms with Gasteiger partial charge in [0.25, 0.3) is 0 Å². The van der Waals surface area contributed by atoms with Gasteiger partial charge >= 0.3 is 5.97 Å². The standard InChI is InChI=1S/C20H22FNO4S2/c1-13-12-15(6-9-17(13)21)14-4-7-16(8-5-14)28(25,26)22-10-11-27-20(2,3)18(22)19(23)24/h4-9,12,18H,10-11H2,1-3H3,(H,23,24)/t18-/m0/s1. The quantitative estimate of drug-likeness (QED) is 0.810. The molecule has 0 aliphatic carbocycles. The monoisotopic (exact) mass is 423 g/mol.